The topological polar surface area (TPSA) is 72.5 Å². The number of anilines is 1. The Labute approximate surface area is 152 Å². The minimum atomic E-state index is -3.75. The number of nitrogens with one attached hydrogen (secondary N) is 1. The van der Waals surface area contributed by atoms with Crippen LogP contribution in [0.25, 0.3) is 16.8 Å². The molecule has 0 saturated carbocycles. The largest absolute Gasteiger partial charge is 0.466 e. The van der Waals surface area contributed by atoms with Crippen molar-refractivity contribution in [3.63, 3.8) is 0 Å². The Morgan fingerprint density at radius 1 is 0.962 bits per heavy atom. The summed E-state index contributed by atoms with van der Waals surface area (Å²) >= 11 is 0. The van der Waals surface area contributed by atoms with Crippen LogP contribution in [-0.2, 0) is 19.6 Å². The van der Waals surface area contributed by atoms with Crippen molar-refractivity contribution < 1.29 is 17.9 Å². The predicted octanol–water partition coefficient (Wildman–Crippen LogP) is 3.83. The summed E-state index contributed by atoms with van der Waals surface area (Å²) in [6.07, 6.45) is 2.74. The van der Waals surface area contributed by atoms with Gasteiger partial charge in [0, 0.05) is 11.8 Å². The lowest BCUT2D eigenvalue weighted by atomic mass is 10.1. The monoisotopic (exact) mass is 367 g/mol. The minimum absolute atomic E-state index is 0.109. The zero-order valence-electron chi connectivity index (χ0n) is 14.0. The molecule has 0 aliphatic carbocycles. The molecule has 0 bridgehead atoms. The van der Waals surface area contributed by atoms with E-state index in [1.807, 2.05) is 30.3 Å². The molecular weight excluding hydrogens is 350 g/mol. The summed E-state index contributed by atoms with van der Waals surface area (Å²) in [6.45, 7) is 0. The molecule has 0 spiro atoms. The van der Waals surface area contributed by atoms with Gasteiger partial charge in [-0.15, -0.1) is 0 Å². The highest BCUT2D eigenvalue weighted by Gasteiger charge is 2.14. The number of carbonyl (C=O) groups is 1. The molecule has 0 aliphatic rings. The van der Waals surface area contributed by atoms with Crippen molar-refractivity contribution in [2.24, 2.45) is 0 Å². The fourth-order valence-corrected chi connectivity index (χ4v) is 3.59. The summed E-state index contributed by atoms with van der Waals surface area (Å²) in [6, 6.07) is 19.4. The summed E-state index contributed by atoms with van der Waals surface area (Å²) < 4.78 is 32.4. The minimum Gasteiger partial charge on any atom is -0.466 e. The van der Waals surface area contributed by atoms with Crippen LogP contribution in [0.4, 0.5) is 5.69 Å². The maximum atomic E-state index is 12.7. The van der Waals surface area contributed by atoms with E-state index in [-0.39, 0.29) is 4.90 Å². The van der Waals surface area contributed by atoms with Gasteiger partial charge in [0.25, 0.3) is 10.0 Å². The van der Waals surface area contributed by atoms with Gasteiger partial charge >= 0.3 is 5.97 Å². The first kappa shape index (κ1) is 17.7. The second kappa shape index (κ2) is 7.41. The van der Waals surface area contributed by atoms with E-state index in [2.05, 4.69) is 9.46 Å². The first-order chi connectivity index (χ1) is 12.5. The average Bonchev–Trinajstić information content (AvgIpc) is 2.66. The third-order valence-electron chi connectivity index (χ3n) is 3.78. The van der Waals surface area contributed by atoms with Gasteiger partial charge in [-0.2, -0.15) is 0 Å². The summed E-state index contributed by atoms with van der Waals surface area (Å²) in [5, 5.41) is 1.98. The summed E-state index contributed by atoms with van der Waals surface area (Å²) in [4.78, 5) is 11.3. The van der Waals surface area contributed by atoms with Crippen molar-refractivity contribution in [1.82, 2.24) is 0 Å². The number of carbonyl (C=O) groups excluding carboxylic acids is 1. The number of hydrogen-bond donors (Lipinski definition) is 1. The molecule has 26 heavy (non-hydrogen) atoms. The maximum Gasteiger partial charge on any atom is 0.330 e. The fraction of sp³-hybridized carbons (Fsp3) is 0.0500. The third-order valence-corrected chi connectivity index (χ3v) is 5.16. The molecular formula is C20H17NO4S. The van der Waals surface area contributed by atoms with Crippen molar-refractivity contribution in [1.29, 1.82) is 0 Å². The Kier molecular flexibility index (Phi) is 5.04. The van der Waals surface area contributed by atoms with E-state index >= 15 is 0 Å². The van der Waals surface area contributed by atoms with E-state index in [0.717, 1.165) is 10.8 Å². The van der Waals surface area contributed by atoms with Gasteiger partial charge in [-0.25, -0.2) is 13.2 Å². The van der Waals surface area contributed by atoms with Crippen LogP contribution in [0.15, 0.2) is 77.7 Å². The van der Waals surface area contributed by atoms with Gasteiger partial charge in [0.2, 0.25) is 0 Å². The smallest absolute Gasteiger partial charge is 0.330 e. The van der Waals surface area contributed by atoms with Crippen LogP contribution in [0.5, 0.6) is 0 Å². The highest BCUT2D eigenvalue weighted by Crippen LogP contribution is 2.22. The van der Waals surface area contributed by atoms with Crippen molar-refractivity contribution in [3.8, 4) is 0 Å². The van der Waals surface area contributed by atoms with Gasteiger partial charge in [-0.3, -0.25) is 4.72 Å². The Hall–Kier alpha value is -3.12. The number of ether oxygens (including phenoxy) is 1. The molecule has 0 atom stereocenters. The molecule has 0 amide bonds. The summed E-state index contributed by atoms with van der Waals surface area (Å²) in [5.41, 5.74) is 1.07. The zero-order valence-corrected chi connectivity index (χ0v) is 14.9. The van der Waals surface area contributed by atoms with Crippen LogP contribution in [0, 0.1) is 0 Å². The molecule has 3 rings (SSSR count). The highest BCUT2D eigenvalue weighted by molar-refractivity contribution is 7.92. The van der Waals surface area contributed by atoms with Crippen molar-refractivity contribution >= 4 is 38.5 Å². The molecule has 0 fully saturated rings. The van der Waals surface area contributed by atoms with Crippen LogP contribution >= 0.6 is 0 Å². The van der Waals surface area contributed by atoms with Gasteiger partial charge in [-0.1, -0.05) is 42.5 Å². The highest BCUT2D eigenvalue weighted by atomic mass is 32.2. The number of methoxy groups -OCH3 is 1. The van der Waals surface area contributed by atoms with Gasteiger partial charge in [0.1, 0.15) is 0 Å². The first-order valence-corrected chi connectivity index (χ1v) is 9.34. The zero-order chi connectivity index (χ0) is 18.6. The molecule has 3 aromatic carbocycles. The molecule has 0 radical (unpaired) electrons. The van der Waals surface area contributed by atoms with E-state index in [1.54, 1.807) is 24.3 Å². The number of sulfonamides is 1. The maximum absolute atomic E-state index is 12.7. The number of esters is 1. The standard InChI is InChI=1S/C20H17NO4S/c1-25-20(22)12-9-15-5-4-8-19(13-15)26(23,24)21-18-11-10-16-6-2-3-7-17(16)14-18/h2-14,21H,1H3. The predicted molar refractivity (Wildman–Crippen MR) is 102 cm³/mol. The van der Waals surface area contributed by atoms with Crippen molar-refractivity contribution in [3.05, 3.63) is 78.4 Å². The van der Waals surface area contributed by atoms with Crippen molar-refractivity contribution in [2.45, 2.75) is 4.90 Å². The molecule has 1 N–H and O–H groups in total. The first-order valence-electron chi connectivity index (χ1n) is 7.86. The summed E-state index contributed by atoms with van der Waals surface area (Å²) in [5.74, 6) is -0.507. The normalized spacial score (nSPS) is 11.6. The molecule has 5 nitrogen and oxygen atoms in total. The molecule has 132 valence electrons. The van der Waals surface area contributed by atoms with Gasteiger partial charge < -0.3 is 4.74 Å². The van der Waals surface area contributed by atoms with E-state index in [9.17, 15) is 13.2 Å². The third kappa shape index (κ3) is 4.10. The lowest BCUT2D eigenvalue weighted by Gasteiger charge is -2.09. The molecule has 3 aromatic rings. The Morgan fingerprint density at radius 2 is 1.73 bits per heavy atom. The van der Waals surface area contributed by atoms with Crippen LogP contribution in [0.2, 0.25) is 0 Å². The lowest BCUT2D eigenvalue weighted by molar-refractivity contribution is -0.134. The van der Waals surface area contributed by atoms with E-state index in [1.165, 1.54) is 31.4 Å². The SMILES string of the molecule is COC(=O)C=Cc1cccc(S(=O)(=O)Nc2ccc3ccccc3c2)c1. The van der Waals surface area contributed by atoms with Crippen molar-refractivity contribution in [2.75, 3.05) is 11.8 Å². The molecule has 0 unspecified atom stereocenters. The second-order valence-corrected chi connectivity index (χ2v) is 7.28. The summed E-state index contributed by atoms with van der Waals surface area (Å²) in [7, 11) is -2.47. The van der Waals surface area contributed by atoms with Gasteiger partial charge in [-0.05, 0) is 46.7 Å². The number of benzene rings is 3. The van der Waals surface area contributed by atoms with Crippen LogP contribution < -0.4 is 4.72 Å². The van der Waals surface area contributed by atoms with E-state index in [0.29, 0.717) is 11.3 Å². The van der Waals surface area contributed by atoms with Crippen LogP contribution in [-0.4, -0.2) is 21.5 Å². The Morgan fingerprint density at radius 3 is 2.50 bits per heavy atom. The van der Waals surface area contributed by atoms with Crippen LogP contribution in [0.1, 0.15) is 5.56 Å². The van der Waals surface area contributed by atoms with Gasteiger partial charge in [0.15, 0.2) is 0 Å². The Bertz CT molecular complexity index is 1090. The average molecular weight is 367 g/mol. The quantitative estimate of drug-likeness (QED) is 0.549. The lowest BCUT2D eigenvalue weighted by Crippen LogP contribution is -2.13. The molecule has 0 aliphatic heterocycles. The molecule has 6 heteroatoms. The Balaban J connectivity index is 1.87. The second-order valence-electron chi connectivity index (χ2n) is 5.60. The molecule has 0 aromatic heterocycles. The molecule has 0 saturated heterocycles. The number of rotatable bonds is 5. The number of fused-ring (bicyclic) bond motifs is 1. The van der Waals surface area contributed by atoms with E-state index < -0.39 is 16.0 Å². The van der Waals surface area contributed by atoms with E-state index in [4.69, 9.17) is 0 Å². The molecule has 0 heterocycles. The van der Waals surface area contributed by atoms with Crippen LogP contribution in [0.3, 0.4) is 0 Å². The number of hydrogen-bond acceptors (Lipinski definition) is 4. The fourth-order valence-electron chi connectivity index (χ4n) is 2.48. The van der Waals surface area contributed by atoms with Gasteiger partial charge in [0.05, 0.1) is 12.0 Å².